The van der Waals surface area contributed by atoms with Crippen molar-refractivity contribution in [2.24, 2.45) is 5.92 Å². The van der Waals surface area contributed by atoms with Gasteiger partial charge >= 0.3 is 6.18 Å². The molecule has 0 aliphatic heterocycles. The topological polar surface area (TPSA) is 30.5 Å². The van der Waals surface area contributed by atoms with Crippen LogP contribution in [0.2, 0.25) is 0 Å². The Balaban J connectivity index is 2.01. The highest BCUT2D eigenvalue weighted by Gasteiger charge is 2.34. The molecular weight excluding hydrogens is 271 g/mol. The molecule has 1 N–H and O–H groups in total. The highest BCUT2D eigenvalue weighted by molar-refractivity contribution is 5.39. The Kier molecular flexibility index (Phi) is 4.88. The van der Waals surface area contributed by atoms with Crippen LogP contribution in [0.5, 0.6) is 5.75 Å². The largest absolute Gasteiger partial charge is 0.467 e. The third-order valence-corrected chi connectivity index (χ3v) is 3.08. The van der Waals surface area contributed by atoms with Crippen molar-refractivity contribution in [3.05, 3.63) is 29.3 Å². The lowest BCUT2D eigenvalue weighted by Crippen LogP contribution is -2.13. The molecule has 1 aromatic carbocycles. The number of hydrogen-bond donors (Lipinski definition) is 1. The molecule has 112 valence electrons. The maximum absolute atomic E-state index is 13.0. The van der Waals surface area contributed by atoms with E-state index in [1.165, 1.54) is 6.07 Å². The molecule has 1 saturated carbocycles. The van der Waals surface area contributed by atoms with Crippen molar-refractivity contribution in [1.29, 1.82) is 0 Å². The molecule has 0 unspecified atom stereocenters. The van der Waals surface area contributed by atoms with Gasteiger partial charge in [-0.3, -0.25) is 0 Å². The number of halogens is 3. The number of benzene rings is 1. The van der Waals surface area contributed by atoms with Crippen molar-refractivity contribution < 1.29 is 22.6 Å². The van der Waals surface area contributed by atoms with E-state index in [9.17, 15) is 13.2 Å². The van der Waals surface area contributed by atoms with E-state index in [0.717, 1.165) is 18.9 Å². The van der Waals surface area contributed by atoms with E-state index in [2.05, 4.69) is 5.32 Å². The van der Waals surface area contributed by atoms with Crippen LogP contribution in [0.15, 0.2) is 18.2 Å². The summed E-state index contributed by atoms with van der Waals surface area (Å²) >= 11 is 0. The van der Waals surface area contributed by atoms with Gasteiger partial charge in [0, 0.05) is 6.54 Å². The number of nitrogens with one attached hydrogen (secondary N) is 1. The summed E-state index contributed by atoms with van der Waals surface area (Å²) in [4.78, 5) is 0. The van der Waals surface area contributed by atoms with Gasteiger partial charge in [-0.1, -0.05) is 6.07 Å². The average Bonchev–Trinajstić information content (AvgIpc) is 3.19. The summed E-state index contributed by atoms with van der Waals surface area (Å²) in [5, 5.41) is 2.82. The number of alkyl halides is 3. The van der Waals surface area contributed by atoms with Crippen LogP contribution >= 0.6 is 0 Å². The maximum atomic E-state index is 13.0. The minimum Gasteiger partial charge on any atom is -0.467 e. The van der Waals surface area contributed by atoms with Gasteiger partial charge in [-0.15, -0.1) is 0 Å². The van der Waals surface area contributed by atoms with Gasteiger partial charge in [0.05, 0.1) is 12.2 Å². The lowest BCUT2D eigenvalue weighted by molar-refractivity contribution is -0.139. The normalized spacial score (nSPS) is 15.4. The molecule has 0 bridgehead atoms. The first-order valence-corrected chi connectivity index (χ1v) is 6.56. The van der Waals surface area contributed by atoms with Crippen molar-refractivity contribution in [2.45, 2.75) is 25.6 Å². The van der Waals surface area contributed by atoms with E-state index in [-0.39, 0.29) is 12.5 Å². The Hall–Kier alpha value is -1.27. The second-order valence-corrected chi connectivity index (χ2v) is 4.93. The molecule has 0 atom stereocenters. The minimum absolute atomic E-state index is 0.148. The van der Waals surface area contributed by atoms with Gasteiger partial charge in [-0.2, -0.15) is 13.2 Å². The van der Waals surface area contributed by atoms with Crippen molar-refractivity contribution in [2.75, 3.05) is 20.4 Å². The second-order valence-electron chi connectivity index (χ2n) is 4.93. The van der Waals surface area contributed by atoms with Crippen LogP contribution in [0, 0.1) is 5.92 Å². The molecular formula is C14H18F3NO2. The molecule has 0 spiro atoms. The summed E-state index contributed by atoms with van der Waals surface area (Å²) in [5.41, 5.74) is -0.202. The molecule has 1 fully saturated rings. The Labute approximate surface area is 116 Å². The minimum atomic E-state index is -4.43. The summed E-state index contributed by atoms with van der Waals surface area (Å²) in [6.07, 6.45) is -2.17. The zero-order valence-electron chi connectivity index (χ0n) is 11.3. The smallest absolute Gasteiger partial charge is 0.419 e. The maximum Gasteiger partial charge on any atom is 0.419 e. The fraction of sp³-hybridized carbons (Fsp3) is 0.571. The lowest BCUT2D eigenvalue weighted by Gasteiger charge is -2.15. The molecule has 6 heteroatoms. The molecule has 0 saturated heterocycles. The molecule has 1 aliphatic rings. The number of ether oxygens (including phenoxy) is 2. The van der Waals surface area contributed by atoms with Crippen molar-refractivity contribution in [3.63, 3.8) is 0 Å². The lowest BCUT2D eigenvalue weighted by atomic mass is 10.1. The molecule has 2 rings (SSSR count). The molecule has 0 amide bonds. The molecule has 1 aromatic rings. The first-order chi connectivity index (χ1) is 9.50. The van der Waals surface area contributed by atoms with Crippen molar-refractivity contribution >= 4 is 0 Å². The van der Waals surface area contributed by atoms with E-state index < -0.39 is 11.7 Å². The Morgan fingerprint density at radius 3 is 2.65 bits per heavy atom. The monoisotopic (exact) mass is 289 g/mol. The van der Waals surface area contributed by atoms with E-state index in [1.54, 1.807) is 13.1 Å². The fourth-order valence-corrected chi connectivity index (χ4v) is 1.84. The van der Waals surface area contributed by atoms with Crippen molar-refractivity contribution in [3.8, 4) is 5.75 Å². The van der Waals surface area contributed by atoms with Gasteiger partial charge in [0.25, 0.3) is 0 Å². The van der Waals surface area contributed by atoms with Crippen LogP contribution in [0.25, 0.3) is 0 Å². The van der Waals surface area contributed by atoms with E-state index >= 15 is 0 Å². The van der Waals surface area contributed by atoms with Gasteiger partial charge < -0.3 is 14.8 Å². The summed E-state index contributed by atoms with van der Waals surface area (Å²) in [7, 11) is 1.68. The molecule has 0 radical (unpaired) electrons. The summed E-state index contributed by atoms with van der Waals surface area (Å²) in [6.45, 7) is 0.783. The van der Waals surface area contributed by atoms with Crippen LogP contribution in [-0.4, -0.2) is 20.4 Å². The Morgan fingerprint density at radius 1 is 1.30 bits per heavy atom. The standard InChI is InChI=1S/C14H18F3NO2/c1-18-7-11-4-5-13(12(6-11)14(15,16)17)20-9-19-8-10-2-3-10/h4-6,10,18H,2-3,7-9H2,1H3. The van der Waals surface area contributed by atoms with Crippen molar-refractivity contribution in [1.82, 2.24) is 5.32 Å². The summed E-state index contributed by atoms with van der Waals surface area (Å²) in [5.74, 6) is 0.367. The zero-order valence-corrected chi connectivity index (χ0v) is 11.3. The molecule has 0 aromatic heterocycles. The van der Waals surface area contributed by atoms with Crippen LogP contribution in [-0.2, 0) is 17.5 Å². The van der Waals surface area contributed by atoms with Crippen LogP contribution in [0.3, 0.4) is 0 Å². The summed E-state index contributed by atoms with van der Waals surface area (Å²) < 4.78 is 49.2. The van der Waals surface area contributed by atoms with Crippen LogP contribution < -0.4 is 10.1 Å². The first kappa shape index (κ1) is 15.1. The average molecular weight is 289 g/mol. The van der Waals surface area contributed by atoms with Crippen LogP contribution in [0.1, 0.15) is 24.0 Å². The molecule has 3 nitrogen and oxygen atoms in total. The summed E-state index contributed by atoms with van der Waals surface area (Å²) in [6, 6.07) is 4.06. The molecule has 1 aliphatic carbocycles. The Morgan fingerprint density at radius 2 is 2.05 bits per heavy atom. The molecule has 0 heterocycles. The second kappa shape index (κ2) is 6.45. The van der Waals surface area contributed by atoms with Gasteiger partial charge in [0.15, 0.2) is 6.79 Å². The number of hydrogen-bond acceptors (Lipinski definition) is 3. The molecule has 20 heavy (non-hydrogen) atoms. The third kappa shape index (κ3) is 4.38. The number of rotatable bonds is 7. The van der Waals surface area contributed by atoms with Gasteiger partial charge in [-0.05, 0) is 43.5 Å². The highest BCUT2D eigenvalue weighted by Crippen LogP contribution is 2.37. The van der Waals surface area contributed by atoms with Gasteiger partial charge in [-0.25, -0.2) is 0 Å². The van der Waals surface area contributed by atoms with Gasteiger partial charge in [0.1, 0.15) is 5.75 Å². The van der Waals surface area contributed by atoms with E-state index in [4.69, 9.17) is 9.47 Å². The predicted octanol–water partition coefficient (Wildman–Crippen LogP) is 3.19. The zero-order chi connectivity index (χ0) is 14.6. The van der Waals surface area contributed by atoms with E-state index in [0.29, 0.717) is 24.6 Å². The highest BCUT2D eigenvalue weighted by atomic mass is 19.4. The first-order valence-electron chi connectivity index (χ1n) is 6.56. The van der Waals surface area contributed by atoms with Crippen LogP contribution in [0.4, 0.5) is 13.2 Å². The fourth-order valence-electron chi connectivity index (χ4n) is 1.84. The van der Waals surface area contributed by atoms with Gasteiger partial charge in [0.2, 0.25) is 0 Å². The predicted molar refractivity (Wildman–Crippen MR) is 68.4 cm³/mol. The Bertz CT molecular complexity index is 445. The third-order valence-electron chi connectivity index (χ3n) is 3.08. The SMILES string of the molecule is CNCc1ccc(OCOCC2CC2)c(C(F)(F)F)c1. The quantitative estimate of drug-likeness (QED) is 0.617. The van der Waals surface area contributed by atoms with E-state index in [1.807, 2.05) is 0 Å².